The van der Waals surface area contributed by atoms with Crippen LogP contribution in [0.1, 0.15) is 16.2 Å². The summed E-state index contributed by atoms with van der Waals surface area (Å²) in [5.41, 5.74) is 1.97. The van der Waals surface area contributed by atoms with E-state index in [1.165, 1.54) is 25.9 Å². The van der Waals surface area contributed by atoms with Crippen LogP contribution in [0.25, 0.3) is 11.5 Å². The third kappa shape index (κ3) is 4.78. The fourth-order valence-corrected chi connectivity index (χ4v) is 2.88. The zero-order chi connectivity index (χ0) is 21.6. The van der Waals surface area contributed by atoms with Crippen molar-refractivity contribution in [2.24, 2.45) is 0 Å². The third-order valence-electron chi connectivity index (χ3n) is 4.14. The summed E-state index contributed by atoms with van der Waals surface area (Å²) in [6, 6.07) is 10.8. The largest absolute Gasteiger partial charge is 0.486 e. The van der Waals surface area contributed by atoms with E-state index in [9.17, 15) is 4.79 Å². The average Bonchev–Trinajstić information content (AvgIpc) is 3.29. The van der Waals surface area contributed by atoms with Crippen LogP contribution in [0.2, 0.25) is 5.02 Å². The Morgan fingerprint density at radius 2 is 2.13 bits per heavy atom. The number of carbonyl (C=O) groups excluding carboxylic acids is 1. The van der Waals surface area contributed by atoms with Gasteiger partial charge in [-0.1, -0.05) is 17.7 Å². The number of anilines is 2. The lowest BCUT2D eigenvalue weighted by Gasteiger charge is -2.11. The van der Waals surface area contributed by atoms with Gasteiger partial charge in [0.15, 0.2) is 5.69 Å². The van der Waals surface area contributed by atoms with Crippen LogP contribution in [-0.2, 0) is 11.3 Å². The van der Waals surface area contributed by atoms with Gasteiger partial charge in [0.2, 0.25) is 5.89 Å². The molecule has 3 heterocycles. The highest BCUT2D eigenvalue weighted by Crippen LogP contribution is 2.32. The summed E-state index contributed by atoms with van der Waals surface area (Å²) in [6.45, 7) is 0.302. The number of nitrogens with one attached hydrogen (secondary N) is 1. The van der Waals surface area contributed by atoms with Crippen LogP contribution in [-0.4, -0.2) is 33.0 Å². The Hall–Kier alpha value is -3.98. The van der Waals surface area contributed by atoms with Gasteiger partial charge in [0.1, 0.15) is 30.8 Å². The van der Waals surface area contributed by atoms with E-state index in [-0.39, 0.29) is 11.6 Å². The zero-order valence-corrected chi connectivity index (χ0v) is 17.0. The molecule has 0 atom stereocenters. The van der Waals surface area contributed by atoms with Gasteiger partial charge in [-0.15, -0.1) is 0 Å². The zero-order valence-electron chi connectivity index (χ0n) is 16.3. The van der Waals surface area contributed by atoms with Gasteiger partial charge >= 0.3 is 5.97 Å². The lowest BCUT2D eigenvalue weighted by atomic mass is 10.2. The molecule has 0 amide bonds. The minimum absolute atomic E-state index is 0.0461. The number of aromatic nitrogens is 4. The lowest BCUT2D eigenvalue weighted by Crippen LogP contribution is -2.02. The Labute approximate surface area is 182 Å². The van der Waals surface area contributed by atoms with E-state index < -0.39 is 5.97 Å². The molecule has 4 aromatic rings. The Bertz CT molecular complexity index is 1200. The molecule has 4 rings (SSSR count). The molecule has 10 heteroatoms. The van der Waals surface area contributed by atoms with E-state index in [1.54, 1.807) is 24.4 Å². The second-order valence-electron chi connectivity index (χ2n) is 6.19. The molecule has 31 heavy (non-hydrogen) atoms. The van der Waals surface area contributed by atoms with Crippen molar-refractivity contribution < 1.29 is 18.7 Å². The van der Waals surface area contributed by atoms with Crippen LogP contribution in [0.3, 0.4) is 0 Å². The van der Waals surface area contributed by atoms with Crippen LogP contribution in [0, 0.1) is 0 Å². The normalized spacial score (nSPS) is 10.5. The highest BCUT2D eigenvalue weighted by molar-refractivity contribution is 6.32. The standard InChI is InChI=1S/C21H16ClN5O4/c1-29-21(28)17-11-31-20(27-17)15-9-23-12-25-19(15)26-13-5-6-18(16(22)8-13)30-10-14-4-2-3-7-24-14/h2-9,11-12H,10H2,1H3,(H,23,25,26). The van der Waals surface area contributed by atoms with E-state index in [1.807, 2.05) is 18.2 Å². The maximum absolute atomic E-state index is 11.6. The van der Waals surface area contributed by atoms with E-state index in [4.69, 9.17) is 20.8 Å². The third-order valence-corrected chi connectivity index (χ3v) is 4.43. The maximum Gasteiger partial charge on any atom is 0.360 e. The SMILES string of the molecule is COC(=O)c1coc(-c2cncnc2Nc2ccc(OCc3ccccn3)c(Cl)c2)n1. The molecule has 0 saturated heterocycles. The number of halogens is 1. The van der Waals surface area contributed by atoms with E-state index in [0.29, 0.717) is 34.4 Å². The van der Waals surface area contributed by atoms with Gasteiger partial charge in [-0.05, 0) is 30.3 Å². The molecule has 1 aromatic carbocycles. The van der Waals surface area contributed by atoms with Crippen molar-refractivity contribution in [2.75, 3.05) is 12.4 Å². The fourth-order valence-electron chi connectivity index (χ4n) is 2.65. The monoisotopic (exact) mass is 437 g/mol. The van der Waals surface area contributed by atoms with Crippen LogP contribution < -0.4 is 10.1 Å². The Morgan fingerprint density at radius 3 is 2.90 bits per heavy atom. The molecule has 0 aliphatic carbocycles. The molecule has 156 valence electrons. The van der Waals surface area contributed by atoms with Crippen molar-refractivity contribution in [3.63, 3.8) is 0 Å². The number of rotatable bonds is 7. The summed E-state index contributed by atoms with van der Waals surface area (Å²) in [7, 11) is 1.27. The molecule has 3 aromatic heterocycles. The molecule has 0 aliphatic heterocycles. The van der Waals surface area contributed by atoms with Gasteiger partial charge in [-0.2, -0.15) is 0 Å². The average molecular weight is 438 g/mol. The van der Waals surface area contributed by atoms with E-state index in [2.05, 4.69) is 30.0 Å². The molecule has 9 nitrogen and oxygen atoms in total. The molecule has 0 spiro atoms. The van der Waals surface area contributed by atoms with Gasteiger partial charge in [-0.25, -0.2) is 19.7 Å². The number of oxazole rings is 1. The first-order valence-corrected chi connectivity index (χ1v) is 9.45. The summed E-state index contributed by atoms with van der Waals surface area (Å²) >= 11 is 6.37. The number of pyridine rings is 1. The molecule has 0 aliphatic rings. The molecular weight excluding hydrogens is 422 g/mol. The molecule has 0 fully saturated rings. The number of benzene rings is 1. The molecule has 0 radical (unpaired) electrons. The van der Waals surface area contributed by atoms with Crippen LogP contribution in [0.15, 0.2) is 65.8 Å². The first kappa shape index (κ1) is 20.3. The molecule has 0 saturated carbocycles. The van der Waals surface area contributed by atoms with E-state index >= 15 is 0 Å². The number of methoxy groups -OCH3 is 1. The first-order chi connectivity index (χ1) is 15.1. The van der Waals surface area contributed by atoms with Crippen molar-refractivity contribution in [2.45, 2.75) is 6.61 Å². The predicted octanol–water partition coefficient (Wildman–Crippen LogP) is 4.29. The molecule has 1 N–H and O–H groups in total. The lowest BCUT2D eigenvalue weighted by molar-refractivity contribution is 0.0594. The molecule has 0 bridgehead atoms. The van der Waals surface area contributed by atoms with Gasteiger partial charge in [0.05, 0.1) is 23.4 Å². The van der Waals surface area contributed by atoms with Crippen molar-refractivity contribution in [1.82, 2.24) is 19.9 Å². The number of carbonyl (C=O) groups is 1. The van der Waals surface area contributed by atoms with Crippen LogP contribution in [0.4, 0.5) is 11.5 Å². The second-order valence-corrected chi connectivity index (χ2v) is 6.60. The summed E-state index contributed by atoms with van der Waals surface area (Å²) in [5.74, 6) is 0.516. The van der Waals surface area contributed by atoms with Gasteiger partial charge in [0, 0.05) is 18.1 Å². The number of ether oxygens (including phenoxy) is 2. The molecule has 0 unspecified atom stereocenters. The second kappa shape index (κ2) is 9.23. The summed E-state index contributed by atoms with van der Waals surface area (Å²) in [4.78, 5) is 28.2. The van der Waals surface area contributed by atoms with Crippen molar-refractivity contribution in [1.29, 1.82) is 0 Å². The predicted molar refractivity (Wildman–Crippen MR) is 112 cm³/mol. The number of nitrogens with zero attached hydrogens (tertiary/aromatic N) is 4. The van der Waals surface area contributed by atoms with Gasteiger partial charge in [-0.3, -0.25) is 4.98 Å². The number of hydrogen-bond donors (Lipinski definition) is 1. The van der Waals surface area contributed by atoms with Crippen molar-refractivity contribution in [3.8, 4) is 17.2 Å². The van der Waals surface area contributed by atoms with E-state index in [0.717, 1.165) is 5.69 Å². The molecular formula is C21H16ClN5O4. The van der Waals surface area contributed by atoms with Crippen molar-refractivity contribution >= 4 is 29.1 Å². The van der Waals surface area contributed by atoms with Crippen LogP contribution >= 0.6 is 11.6 Å². The number of hydrogen-bond acceptors (Lipinski definition) is 9. The smallest absolute Gasteiger partial charge is 0.360 e. The summed E-state index contributed by atoms with van der Waals surface area (Å²) < 4.78 is 15.8. The first-order valence-electron chi connectivity index (χ1n) is 9.07. The fraction of sp³-hybridized carbons (Fsp3) is 0.0952. The maximum atomic E-state index is 11.6. The minimum atomic E-state index is -0.602. The van der Waals surface area contributed by atoms with Crippen LogP contribution in [0.5, 0.6) is 5.75 Å². The van der Waals surface area contributed by atoms with Crippen molar-refractivity contribution in [3.05, 3.63) is 77.8 Å². The quantitative estimate of drug-likeness (QED) is 0.423. The number of esters is 1. The van der Waals surface area contributed by atoms with Gasteiger partial charge < -0.3 is 19.2 Å². The summed E-state index contributed by atoms with van der Waals surface area (Å²) in [6.07, 6.45) is 5.81. The Balaban J connectivity index is 1.51. The Morgan fingerprint density at radius 1 is 1.23 bits per heavy atom. The Kier molecular flexibility index (Phi) is 6.04. The highest BCUT2D eigenvalue weighted by Gasteiger charge is 2.17. The summed E-state index contributed by atoms with van der Waals surface area (Å²) in [5, 5.41) is 3.56. The topological polar surface area (TPSA) is 112 Å². The highest BCUT2D eigenvalue weighted by atomic mass is 35.5. The van der Waals surface area contributed by atoms with Gasteiger partial charge in [0.25, 0.3) is 0 Å². The minimum Gasteiger partial charge on any atom is -0.486 e.